The van der Waals surface area contributed by atoms with Gasteiger partial charge in [0.15, 0.2) is 0 Å². The molecule has 1 saturated heterocycles. The molecule has 1 aliphatic heterocycles. The molecule has 0 aromatic heterocycles. The van der Waals surface area contributed by atoms with Crippen molar-refractivity contribution in [1.29, 1.82) is 0 Å². The lowest BCUT2D eigenvalue weighted by Gasteiger charge is -2.18. The lowest BCUT2D eigenvalue weighted by atomic mass is 10.1. The quantitative estimate of drug-likeness (QED) is 0.751. The Hall–Kier alpha value is -1.02. The summed E-state index contributed by atoms with van der Waals surface area (Å²) in [6.07, 6.45) is 4.18. The summed E-state index contributed by atoms with van der Waals surface area (Å²) in [6.45, 7) is 2.39. The van der Waals surface area contributed by atoms with Gasteiger partial charge in [-0.15, -0.1) is 0 Å². The van der Waals surface area contributed by atoms with Gasteiger partial charge in [0.05, 0.1) is 6.10 Å². The van der Waals surface area contributed by atoms with E-state index in [0.29, 0.717) is 0 Å². The van der Waals surface area contributed by atoms with Crippen molar-refractivity contribution in [3.63, 3.8) is 0 Å². The highest BCUT2D eigenvalue weighted by Crippen LogP contribution is 2.28. The van der Waals surface area contributed by atoms with E-state index >= 15 is 0 Å². The number of benzene rings is 1. The van der Waals surface area contributed by atoms with Crippen LogP contribution >= 0.6 is 0 Å². The van der Waals surface area contributed by atoms with Crippen LogP contribution < -0.4 is 4.90 Å². The van der Waals surface area contributed by atoms with Crippen LogP contribution in [0.4, 0.5) is 5.69 Å². The van der Waals surface area contributed by atoms with E-state index in [1.807, 2.05) is 0 Å². The molecule has 0 bridgehead atoms. The monoisotopic (exact) mass is 203 g/mol. The van der Waals surface area contributed by atoms with Crippen LogP contribution in [0.3, 0.4) is 0 Å². The van der Waals surface area contributed by atoms with Crippen molar-refractivity contribution in [1.82, 2.24) is 0 Å². The van der Waals surface area contributed by atoms with Crippen LogP contribution in [0.25, 0.3) is 0 Å². The molecule has 1 aromatic carbocycles. The maximum Gasteiger partial charge on any atom is 0.0621 e. The van der Waals surface area contributed by atoms with Crippen LogP contribution in [0.5, 0.6) is 0 Å². The second-order valence-corrected chi connectivity index (χ2v) is 4.71. The average molecular weight is 203 g/mol. The molecule has 1 atom stereocenters. The first-order valence-electron chi connectivity index (χ1n) is 5.88. The standard InChI is InChI=1S/C13H17NO/c15-13-8-10-3-4-12(7-11(10)9-13)14-5-1-2-6-14/h3-4,7,13,15H,1-2,5-6,8-9H2. The highest BCUT2D eigenvalue weighted by Gasteiger charge is 2.21. The van der Waals surface area contributed by atoms with Gasteiger partial charge in [-0.25, -0.2) is 0 Å². The van der Waals surface area contributed by atoms with Gasteiger partial charge in [0.2, 0.25) is 0 Å². The molecule has 1 heterocycles. The third-order valence-corrected chi connectivity index (χ3v) is 3.57. The predicted octanol–water partition coefficient (Wildman–Crippen LogP) is 1.75. The zero-order valence-electron chi connectivity index (χ0n) is 8.95. The smallest absolute Gasteiger partial charge is 0.0621 e. The van der Waals surface area contributed by atoms with E-state index in [-0.39, 0.29) is 6.10 Å². The third kappa shape index (κ3) is 1.63. The van der Waals surface area contributed by atoms with Gasteiger partial charge in [0, 0.05) is 18.8 Å². The Kier molecular flexibility index (Phi) is 2.17. The van der Waals surface area contributed by atoms with Crippen LogP contribution in [-0.2, 0) is 12.8 Å². The first-order chi connectivity index (χ1) is 7.33. The number of hydrogen-bond donors (Lipinski definition) is 1. The summed E-state index contributed by atoms with van der Waals surface area (Å²) in [4.78, 5) is 2.45. The topological polar surface area (TPSA) is 23.5 Å². The van der Waals surface area contributed by atoms with Crippen LogP contribution in [0.1, 0.15) is 24.0 Å². The SMILES string of the molecule is OC1Cc2ccc(N3CCCC3)cc2C1. The molecule has 1 aliphatic carbocycles. The molecule has 2 aliphatic rings. The third-order valence-electron chi connectivity index (χ3n) is 3.57. The summed E-state index contributed by atoms with van der Waals surface area (Å²) in [7, 11) is 0. The highest BCUT2D eigenvalue weighted by atomic mass is 16.3. The van der Waals surface area contributed by atoms with Gasteiger partial charge in [0.1, 0.15) is 0 Å². The fraction of sp³-hybridized carbons (Fsp3) is 0.538. The Labute approximate surface area is 90.5 Å². The minimum absolute atomic E-state index is 0.145. The van der Waals surface area contributed by atoms with Crippen LogP contribution in [0.15, 0.2) is 18.2 Å². The number of aliphatic hydroxyl groups is 1. The number of rotatable bonds is 1. The molecule has 80 valence electrons. The molecule has 0 saturated carbocycles. The summed E-state index contributed by atoms with van der Waals surface area (Å²) in [5.41, 5.74) is 4.04. The van der Waals surface area contributed by atoms with Crippen molar-refractivity contribution in [2.45, 2.75) is 31.8 Å². The Morgan fingerprint density at radius 1 is 1.07 bits per heavy atom. The van der Waals surface area contributed by atoms with Crippen molar-refractivity contribution < 1.29 is 5.11 Å². The molecular weight excluding hydrogens is 186 g/mol. The minimum atomic E-state index is -0.145. The van der Waals surface area contributed by atoms with E-state index in [1.165, 1.54) is 42.7 Å². The Morgan fingerprint density at radius 2 is 1.80 bits per heavy atom. The van der Waals surface area contributed by atoms with Crippen molar-refractivity contribution in [2.24, 2.45) is 0 Å². The van der Waals surface area contributed by atoms with Crippen molar-refractivity contribution in [3.05, 3.63) is 29.3 Å². The van der Waals surface area contributed by atoms with E-state index in [0.717, 1.165) is 12.8 Å². The molecule has 1 aromatic rings. The summed E-state index contributed by atoms with van der Waals surface area (Å²) in [6, 6.07) is 6.68. The molecule has 0 radical (unpaired) electrons. The van der Waals surface area contributed by atoms with Gasteiger partial charge in [0.25, 0.3) is 0 Å². The van der Waals surface area contributed by atoms with Gasteiger partial charge in [-0.1, -0.05) is 6.07 Å². The maximum atomic E-state index is 9.59. The van der Waals surface area contributed by atoms with Gasteiger partial charge in [-0.3, -0.25) is 0 Å². The number of nitrogens with zero attached hydrogens (tertiary/aromatic N) is 1. The Balaban J connectivity index is 1.89. The van der Waals surface area contributed by atoms with E-state index in [1.54, 1.807) is 0 Å². The first-order valence-corrected chi connectivity index (χ1v) is 5.88. The molecule has 2 nitrogen and oxygen atoms in total. The highest BCUT2D eigenvalue weighted by molar-refractivity contribution is 5.53. The fourth-order valence-corrected chi connectivity index (χ4v) is 2.75. The number of hydrogen-bond acceptors (Lipinski definition) is 2. The summed E-state index contributed by atoms with van der Waals surface area (Å²) in [5.74, 6) is 0. The molecule has 1 N–H and O–H groups in total. The number of anilines is 1. The number of fused-ring (bicyclic) bond motifs is 1. The van der Waals surface area contributed by atoms with E-state index < -0.39 is 0 Å². The van der Waals surface area contributed by atoms with Crippen LogP contribution in [0.2, 0.25) is 0 Å². The van der Waals surface area contributed by atoms with Crippen molar-refractivity contribution in [3.8, 4) is 0 Å². The van der Waals surface area contributed by atoms with E-state index in [4.69, 9.17) is 0 Å². The molecule has 2 heteroatoms. The van der Waals surface area contributed by atoms with Crippen molar-refractivity contribution >= 4 is 5.69 Å². The zero-order valence-corrected chi connectivity index (χ0v) is 8.95. The normalized spacial score (nSPS) is 24.6. The molecular formula is C13H17NO. The maximum absolute atomic E-state index is 9.59. The van der Waals surface area contributed by atoms with E-state index in [9.17, 15) is 5.11 Å². The molecule has 0 amide bonds. The summed E-state index contributed by atoms with van der Waals surface area (Å²) in [5, 5.41) is 9.59. The van der Waals surface area contributed by atoms with Gasteiger partial charge in [-0.2, -0.15) is 0 Å². The largest absolute Gasteiger partial charge is 0.392 e. The molecule has 3 rings (SSSR count). The van der Waals surface area contributed by atoms with Gasteiger partial charge < -0.3 is 10.0 Å². The van der Waals surface area contributed by atoms with Gasteiger partial charge in [-0.05, 0) is 48.9 Å². The molecule has 1 unspecified atom stereocenters. The molecule has 1 fully saturated rings. The van der Waals surface area contributed by atoms with Gasteiger partial charge >= 0.3 is 0 Å². The average Bonchev–Trinajstić information content (AvgIpc) is 2.82. The number of aliphatic hydroxyl groups excluding tert-OH is 1. The molecule has 15 heavy (non-hydrogen) atoms. The second-order valence-electron chi connectivity index (χ2n) is 4.71. The van der Waals surface area contributed by atoms with Crippen LogP contribution in [-0.4, -0.2) is 24.3 Å². The Morgan fingerprint density at radius 3 is 2.60 bits per heavy atom. The van der Waals surface area contributed by atoms with E-state index in [2.05, 4.69) is 23.1 Å². The zero-order chi connectivity index (χ0) is 10.3. The van der Waals surface area contributed by atoms with Crippen LogP contribution in [0, 0.1) is 0 Å². The Bertz CT molecular complexity index is 369. The minimum Gasteiger partial charge on any atom is -0.392 e. The fourth-order valence-electron chi connectivity index (χ4n) is 2.75. The summed E-state index contributed by atoms with van der Waals surface area (Å²) >= 11 is 0. The first kappa shape index (κ1) is 9.22. The second kappa shape index (κ2) is 3.53. The van der Waals surface area contributed by atoms with Crippen molar-refractivity contribution in [2.75, 3.05) is 18.0 Å². The summed E-state index contributed by atoms with van der Waals surface area (Å²) < 4.78 is 0. The predicted molar refractivity (Wildman–Crippen MR) is 61.3 cm³/mol. The lowest BCUT2D eigenvalue weighted by molar-refractivity contribution is 0.187. The molecule has 0 spiro atoms. The lowest BCUT2D eigenvalue weighted by Crippen LogP contribution is -2.17.